The lowest BCUT2D eigenvalue weighted by Gasteiger charge is -2.43. The highest BCUT2D eigenvalue weighted by Gasteiger charge is 2.36. The Morgan fingerprint density at radius 3 is 2.57 bits per heavy atom. The van der Waals surface area contributed by atoms with Crippen LogP contribution in [0.2, 0.25) is 5.02 Å². The number of esters is 1. The fourth-order valence-electron chi connectivity index (χ4n) is 3.95. The van der Waals surface area contributed by atoms with Gasteiger partial charge < -0.3 is 15.4 Å². The van der Waals surface area contributed by atoms with Crippen LogP contribution in [-0.4, -0.2) is 32.2 Å². The number of benzene rings is 1. The van der Waals surface area contributed by atoms with E-state index in [1.54, 1.807) is 6.07 Å². The predicted molar refractivity (Wildman–Crippen MR) is 93.2 cm³/mol. The maximum atomic E-state index is 11.6. The molecule has 0 radical (unpaired) electrons. The zero-order chi connectivity index (χ0) is 16.3. The first-order chi connectivity index (χ1) is 11.1. The number of hydrogen-bond donors (Lipinski definition) is 2. The molecule has 0 unspecified atom stereocenters. The highest BCUT2D eigenvalue weighted by Crippen LogP contribution is 2.43. The smallest absolute Gasteiger partial charge is 0.339 e. The molecule has 3 rings (SSSR count). The summed E-state index contributed by atoms with van der Waals surface area (Å²) in [5, 5.41) is 7.48. The second-order valence-electron chi connectivity index (χ2n) is 6.85. The van der Waals surface area contributed by atoms with E-state index in [4.69, 9.17) is 16.3 Å². The second kappa shape index (κ2) is 7.10. The van der Waals surface area contributed by atoms with Crippen LogP contribution >= 0.6 is 11.6 Å². The Labute approximate surface area is 142 Å². The van der Waals surface area contributed by atoms with Crippen molar-refractivity contribution in [3.05, 3.63) is 28.8 Å². The first kappa shape index (κ1) is 16.6. The molecule has 1 aromatic carbocycles. The van der Waals surface area contributed by atoms with Gasteiger partial charge >= 0.3 is 5.97 Å². The van der Waals surface area contributed by atoms with E-state index in [9.17, 15) is 4.79 Å². The van der Waals surface area contributed by atoms with Crippen LogP contribution in [0.15, 0.2) is 18.2 Å². The van der Waals surface area contributed by atoms with Gasteiger partial charge in [-0.3, -0.25) is 0 Å². The molecule has 126 valence electrons. The molecule has 1 spiro atoms. The minimum atomic E-state index is -0.396. The van der Waals surface area contributed by atoms with Gasteiger partial charge in [-0.15, -0.1) is 0 Å². The van der Waals surface area contributed by atoms with E-state index in [1.165, 1.54) is 58.7 Å². The Hall–Kier alpha value is -1.26. The molecule has 23 heavy (non-hydrogen) atoms. The molecule has 5 heteroatoms. The number of piperidine rings is 1. The van der Waals surface area contributed by atoms with Gasteiger partial charge in [0.1, 0.15) is 0 Å². The van der Waals surface area contributed by atoms with Gasteiger partial charge in [-0.2, -0.15) is 0 Å². The Bertz CT molecular complexity index is 560. The summed E-state index contributed by atoms with van der Waals surface area (Å²) in [4.78, 5) is 11.6. The van der Waals surface area contributed by atoms with Crippen LogP contribution in [-0.2, 0) is 4.74 Å². The Morgan fingerprint density at radius 2 is 1.96 bits per heavy atom. The number of anilines is 1. The van der Waals surface area contributed by atoms with Gasteiger partial charge in [0.25, 0.3) is 0 Å². The summed E-state index contributed by atoms with van der Waals surface area (Å²) in [5.74, 6) is -0.396. The van der Waals surface area contributed by atoms with Gasteiger partial charge in [0.2, 0.25) is 0 Å². The molecular weight excluding hydrogens is 312 g/mol. The van der Waals surface area contributed by atoms with Crippen molar-refractivity contribution in [1.82, 2.24) is 5.32 Å². The van der Waals surface area contributed by atoms with Crippen LogP contribution < -0.4 is 10.6 Å². The van der Waals surface area contributed by atoms with Gasteiger partial charge in [-0.1, -0.05) is 11.6 Å². The summed E-state index contributed by atoms with van der Waals surface area (Å²) < 4.78 is 4.72. The molecule has 0 atom stereocenters. The Morgan fingerprint density at radius 1 is 1.26 bits per heavy atom. The third-order valence-electron chi connectivity index (χ3n) is 5.46. The number of carbonyl (C=O) groups excluding carboxylic acids is 1. The first-order valence-electron chi connectivity index (χ1n) is 8.47. The highest BCUT2D eigenvalue weighted by atomic mass is 35.5. The molecular formula is C18H25ClN2O2. The van der Waals surface area contributed by atoms with Crippen LogP contribution in [0.25, 0.3) is 0 Å². The van der Waals surface area contributed by atoms with Gasteiger partial charge in [0, 0.05) is 11.7 Å². The largest absolute Gasteiger partial charge is 0.465 e. The quantitative estimate of drug-likeness (QED) is 0.823. The molecule has 0 bridgehead atoms. The standard InChI is InChI=1S/C18H25ClN2O2/c1-23-17(22)15-3-2-14(12-16(15)19)21-13-4-6-18(7-5-13)8-10-20-11-9-18/h2-3,12-13,20-21H,4-11H2,1H3. The normalized spacial score (nSPS) is 21.1. The van der Waals surface area contributed by atoms with Crippen LogP contribution in [0.3, 0.4) is 0 Å². The molecule has 1 saturated carbocycles. The van der Waals surface area contributed by atoms with E-state index in [1.807, 2.05) is 12.1 Å². The van der Waals surface area contributed by atoms with Crippen molar-refractivity contribution in [2.24, 2.45) is 5.41 Å². The third kappa shape index (κ3) is 3.81. The van der Waals surface area contributed by atoms with Crippen molar-refractivity contribution < 1.29 is 9.53 Å². The fourth-order valence-corrected chi connectivity index (χ4v) is 4.21. The van der Waals surface area contributed by atoms with Gasteiger partial charge in [-0.05, 0) is 75.2 Å². The van der Waals surface area contributed by atoms with Gasteiger partial charge in [0.05, 0.1) is 17.7 Å². The van der Waals surface area contributed by atoms with E-state index < -0.39 is 5.97 Å². The van der Waals surface area contributed by atoms with Crippen LogP contribution in [0.1, 0.15) is 48.9 Å². The molecule has 1 saturated heterocycles. The summed E-state index contributed by atoms with van der Waals surface area (Å²) in [5.41, 5.74) is 1.97. The fraction of sp³-hybridized carbons (Fsp3) is 0.611. The first-order valence-corrected chi connectivity index (χ1v) is 8.85. The molecule has 1 aliphatic carbocycles. The van der Waals surface area contributed by atoms with E-state index in [0.29, 0.717) is 22.0 Å². The van der Waals surface area contributed by atoms with Gasteiger partial charge in [0.15, 0.2) is 0 Å². The van der Waals surface area contributed by atoms with Crippen LogP contribution in [0, 0.1) is 5.41 Å². The molecule has 4 nitrogen and oxygen atoms in total. The molecule has 0 aromatic heterocycles. The lowest BCUT2D eigenvalue weighted by molar-refractivity contribution is 0.0601. The predicted octanol–water partition coefficient (Wildman–Crippen LogP) is 3.85. The summed E-state index contributed by atoms with van der Waals surface area (Å²) in [7, 11) is 1.36. The van der Waals surface area contributed by atoms with Crippen molar-refractivity contribution in [3.8, 4) is 0 Å². The van der Waals surface area contributed by atoms with Crippen molar-refractivity contribution in [1.29, 1.82) is 0 Å². The lowest BCUT2D eigenvalue weighted by Crippen LogP contribution is -2.41. The molecule has 0 amide bonds. The van der Waals surface area contributed by atoms with Crippen LogP contribution in [0.5, 0.6) is 0 Å². The summed E-state index contributed by atoms with van der Waals surface area (Å²) >= 11 is 6.19. The minimum absolute atomic E-state index is 0.396. The van der Waals surface area contributed by atoms with Crippen molar-refractivity contribution in [2.75, 3.05) is 25.5 Å². The zero-order valence-electron chi connectivity index (χ0n) is 13.7. The molecule has 1 aromatic rings. The topological polar surface area (TPSA) is 50.4 Å². The number of hydrogen-bond acceptors (Lipinski definition) is 4. The van der Waals surface area contributed by atoms with E-state index in [0.717, 1.165) is 5.69 Å². The number of ether oxygens (including phenoxy) is 1. The molecule has 2 fully saturated rings. The van der Waals surface area contributed by atoms with E-state index in [2.05, 4.69) is 10.6 Å². The van der Waals surface area contributed by atoms with E-state index in [-0.39, 0.29) is 0 Å². The maximum Gasteiger partial charge on any atom is 0.339 e. The third-order valence-corrected chi connectivity index (χ3v) is 5.77. The van der Waals surface area contributed by atoms with Crippen molar-refractivity contribution in [2.45, 2.75) is 44.6 Å². The number of halogens is 1. The lowest BCUT2D eigenvalue weighted by atomic mass is 9.67. The summed E-state index contributed by atoms with van der Waals surface area (Å²) in [6.45, 7) is 2.34. The number of rotatable bonds is 3. The van der Waals surface area contributed by atoms with Crippen molar-refractivity contribution >= 4 is 23.3 Å². The monoisotopic (exact) mass is 336 g/mol. The molecule has 1 aliphatic heterocycles. The number of nitrogens with one attached hydrogen (secondary N) is 2. The molecule has 2 N–H and O–H groups in total. The van der Waals surface area contributed by atoms with Crippen molar-refractivity contribution in [3.63, 3.8) is 0 Å². The average molecular weight is 337 g/mol. The zero-order valence-corrected chi connectivity index (χ0v) is 14.4. The summed E-state index contributed by atoms with van der Waals surface area (Å²) in [6, 6.07) is 5.96. The second-order valence-corrected chi connectivity index (χ2v) is 7.26. The van der Waals surface area contributed by atoms with E-state index >= 15 is 0 Å². The maximum absolute atomic E-state index is 11.6. The number of carbonyl (C=O) groups is 1. The van der Waals surface area contributed by atoms with Crippen LogP contribution in [0.4, 0.5) is 5.69 Å². The minimum Gasteiger partial charge on any atom is -0.465 e. The molecule has 2 aliphatic rings. The average Bonchev–Trinajstić information content (AvgIpc) is 2.57. The molecule has 1 heterocycles. The van der Waals surface area contributed by atoms with Gasteiger partial charge in [-0.25, -0.2) is 4.79 Å². The number of methoxy groups -OCH3 is 1. The Balaban J connectivity index is 1.58. The Kier molecular flexibility index (Phi) is 5.12. The SMILES string of the molecule is COC(=O)c1ccc(NC2CCC3(CCNCC3)CC2)cc1Cl. The highest BCUT2D eigenvalue weighted by molar-refractivity contribution is 6.33. The summed E-state index contributed by atoms with van der Waals surface area (Å²) in [6.07, 6.45) is 7.66.